The summed E-state index contributed by atoms with van der Waals surface area (Å²) in [5, 5.41) is 0.423. The molecule has 0 aliphatic rings. The van der Waals surface area contributed by atoms with Crippen LogP contribution in [0.2, 0.25) is 5.02 Å². The van der Waals surface area contributed by atoms with Crippen molar-refractivity contribution < 1.29 is 13.5 Å². The number of hydrogen-bond donors (Lipinski definition) is 0. The van der Waals surface area contributed by atoms with Gasteiger partial charge < -0.3 is 4.74 Å². The predicted molar refractivity (Wildman–Crippen MR) is 51.3 cm³/mol. The van der Waals surface area contributed by atoms with Crippen LogP contribution in [0.3, 0.4) is 0 Å². The van der Waals surface area contributed by atoms with Gasteiger partial charge in [0.2, 0.25) is 0 Å². The quantitative estimate of drug-likeness (QED) is 0.794. The van der Waals surface area contributed by atoms with Crippen LogP contribution >= 0.6 is 22.9 Å². The van der Waals surface area contributed by atoms with E-state index in [0.717, 1.165) is 11.3 Å². The Bertz CT molecular complexity index is 460. The monoisotopic (exact) mass is 235 g/mol. The lowest BCUT2D eigenvalue weighted by molar-refractivity contribution is -0.0497. The van der Waals surface area contributed by atoms with Gasteiger partial charge in [0.25, 0.3) is 5.19 Å². The molecular weight excluding hydrogens is 232 g/mol. The highest BCUT2D eigenvalue weighted by atomic mass is 35.5. The Labute approximate surface area is 87.1 Å². The highest BCUT2D eigenvalue weighted by Gasteiger charge is 2.11. The fraction of sp³-hybridized carbons (Fsp3) is 0.125. The minimum absolute atomic E-state index is 0.0666. The van der Waals surface area contributed by atoms with Crippen LogP contribution in [-0.2, 0) is 0 Å². The maximum atomic E-state index is 11.9. The SMILES string of the molecule is FC(F)Oc1nc2cccc(Cl)c2s1. The van der Waals surface area contributed by atoms with E-state index in [1.54, 1.807) is 18.2 Å². The molecule has 0 fully saturated rings. The summed E-state index contributed by atoms with van der Waals surface area (Å²) in [4.78, 5) is 3.85. The number of nitrogens with zero attached hydrogens (tertiary/aromatic N) is 1. The molecule has 1 heterocycles. The third-order valence-corrected chi connectivity index (χ3v) is 2.96. The lowest BCUT2D eigenvalue weighted by Crippen LogP contribution is -2.00. The van der Waals surface area contributed by atoms with Gasteiger partial charge in [-0.25, -0.2) is 4.98 Å². The first kappa shape index (κ1) is 9.61. The summed E-state index contributed by atoms with van der Waals surface area (Å²) in [7, 11) is 0. The molecule has 0 aliphatic heterocycles. The highest BCUT2D eigenvalue weighted by Crippen LogP contribution is 2.33. The maximum Gasteiger partial charge on any atom is 0.389 e. The summed E-state index contributed by atoms with van der Waals surface area (Å²) in [6.45, 7) is -2.85. The number of ether oxygens (including phenoxy) is 1. The van der Waals surface area contributed by atoms with Gasteiger partial charge in [0.05, 0.1) is 15.2 Å². The van der Waals surface area contributed by atoms with Crippen molar-refractivity contribution in [2.24, 2.45) is 0 Å². The molecule has 14 heavy (non-hydrogen) atoms. The average Bonchev–Trinajstić information content (AvgIpc) is 2.47. The van der Waals surface area contributed by atoms with E-state index in [1.165, 1.54) is 0 Å². The van der Waals surface area contributed by atoms with Gasteiger partial charge in [-0.15, -0.1) is 0 Å². The van der Waals surface area contributed by atoms with E-state index >= 15 is 0 Å². The molecule has 0 saturated carbocycles. The van der Waals surface area contributed by atoms with Crippen molar-refractivity contribution in [1.29, 1.82) is 0 Å². The number of benzene rings is 1. The zero-order valence-electron chi connectivity index (χ0n) is 6.71. The van der Waals surface area contributed by atoms with E-state index in [-0.39, 0.29) is 5.19 Å². The summed E-state index contributed by atoms with van der Waals surface area (Å²) in [5.74, 6) is 0. The molecule has 74 valence electrons. The number of rotatable bonds is 2. The second-order valence-corrected chi connectivity index (χ2v) is 3.82. The topological polar surface area (TPSA) is 22.1 Å². The summed E-state index contributed by atoms with van der Waals surface area (Å²) in [5.41, 5.74) is 0.568. The molecule has 1 aromatic carbocycles. The second-order valence-electron chi connectivity index (χ2n) is 2.45. The molecule has 0 amide bonds. The first-order valence-electron chi connectivity index (χ1n) is 3.66. The van der Waals surface area contributed by atoms with Crippen molar-refractivity contribution in [3.63, 3.8) is 0 Å². The molecular formula is C8H4ClF2NOS. The maximum absolute atomic E-state index is 11.9. The summed E-state index contributed by atoms with van der Waals surface area (Å²) in [6.07, 6.45) is 0. The molecule has 0 unspecified atom stereocenters. The van der Waals surface area contributed by atoms with Crippen molar-refractivity contribution in [3.8, 4) is 5.19 Å². The van der Waals surface area contributed by atoms with Crippen molar-refractivity contribution in [3.05, 3.63) is 23.2 Å². The number of halogens is 3. The van der Waals surface area contributed by atoms with Crippen molar-refractivity contribution in [1.82, 2.24) is 4.98 Å². The Morgan fingerprint density at radius 2 is 2.21 bits per heavy atom. The Morgan fingerprint density at radius 3 is 2.86 bits per heavy atom. The minimum Gasteiger partial charge on any atom is -0.408 e. The summed E-state index contributed by atoms with van der Waals surface area (Å²) in [6, 6.07) is 5.07. The lowest BCUT2D eigenvalue weighted by atomic mass is 10.3. The third kappa shape index (κ3) is 1.78. The zero-order valence-corrected chi connectivity index (χ0v) is 8.28. The second kappa shape index (κ2) is 3.67. The highest BCUT2D eigenvalue weighted by molar-refractivity contribution is 7.20. The normalized spacial score (nSPS) is 11.1. The molecule has 0 N–H and O–H groups in total. The van der Waals surface area contributed by atoms with E-state index in [0.29, 0.717) is 15.2 Å². The first-order valence-corrected chi connectivity index (χ1v) is 4.86. The number of aromatic nitrogens is 1. The zero-order chi connectivity index (χ0) is 10.1. The van der Waals surface area contributed by atoms with Crippen LogP contribution in [-0.4, -0.2) is 11.6 Å². The van der Waals surface area contributed by atoms with Crippen molar-refractivity contribution in [2.45, 2.75) is 6.61 Å². The average molecular weight is 236 g/mol. The van der Waals surface area contributed by atoms with Crippen LogP contribution < -0.4 is 4.74 Å². The fourth-order valence-corrected chi connectivity index (χ4v) is 2.13. The number of thiazole rings is 1. The number of fused-ring (bicyclic) bond motifs is 1. The van der Waals surface area contributed by atoms with Gasteiger partial charge >= 0.3 is 6.61 Å². The fourth-order valence-electron chi connectivity index (χ4n) is 1.02. The molecule has 6 heteroatoms. The Hall–Kier alpha value is -0.940. The first-order chi connectivity index (χ1) is 6.66. The van der Waals surface area contributed by atoms with E-state index in [2.05, 4.69) is 9.72 Å². The molecule has 0 radical (unpaired) electrons. The van der Waals surface area contributed by atoms with Crippen LogP contribution in [0.25, 0.3) is 10.2 Å². The molecule has 0 spiro atoms. The van der Waals surface area contributed by atoms with Gasteiger partial charge in [-0.05, 0) is 12.1 Å². The van der Waals surface area contributed by atoms with Crippen LogP contribution in [0.15, 0.2) is 18.2 Å². The number of alkyl halides is 2. The molecule has 2 aromatic rings. The Morgan fingerprint density at radius 1 is 1.43 bits per heavy atom. The standard InChI is InChI=1S/C8H4ClF2NOS/c9-4-2-1-3-5-6(4)14-8(12-5)13-7(10)11/h1-3,7H. The van der Waals surface area contributed by atoms with Crippen LogP contribution in [0, 0.1) is 0 Å². The van der Waals surface area contributed by atoms with Gasteiger partial charge in [0.1, 0.15) is 0 Å². The Balaban J connectivity index is 2.46. The minimum atomic E-state index is -2.85. The predicted octanol–water partition coefficient (Wildman–Crippen LogP) is 3.55. The van der Waals surface area contributed by atoms with Gasteiger partial charge in [-0.3, -0.25) is 0 Å². The van der Waals surface area contributed by atoms with E-state index in [9.17, 15) is 8.78 Å². The van der Waals surface area contributed by atoms with Gasteiger partial charge in [-0.1, -0.05) is 29.0 Å². The largest absolute Gasteiger partial charge is 0.408 e. The molecule has 1 aromatic heterocycles. The molecule has 2 nitrogen and oxygen atoms in total. The van der Waals surface area contributed by atoms with Gasteiger partial charge in [0.15, 0.2) is 0 Å². The summed E-state index contributed by atoms with van der Waals surface area (Å²) < 4.78 is 28.5. The summed E-state index contributed by atoms with van der Waals surface area (Å²) >= 11 is 6.84. The molecule has 0 saturated heterocycles. The molecule has 0 aliphatic carbocycles. The van der Waals surface area contributed by atoms with Crippen LogP contribution in [0.4, 0.5) is 8.78 Å². The lowest BCUT2D eigenvalue weighted by Gasteiger charge is -1.95. The molecule has 0 atom stereocenters. The van der Waals surface area contributed by atoms with E-state index in [1.807, 2.05) is 0 Å². The third-order valence-electron chi connectivity index (χ3n) is 1.54. The molecule has 0 bridgehead atoms. The van der Waals surface area contributed by atoms with Crippen LogP contribution in [0.5, 0.6) is 5.19 Å². The van der Waals surface area contributed by atoms with Crippen LogP contribution in [0.1, 0.15) is 0 Å². The Kier molecular flexibility index (Phi) is 2.52. The van der Waals surface area contributed by atoms with Crippen molar-refractivity contribution >= 4 is 33.2 Å². The van der Waals surface area contributed by atoms with Crippen molar-refractivity contribution in [2.75, 3.05) is 0 Å². The van der Waals surface area contributed by atoms with Gasteiger partial charge in [0, 0.05) is 0 Å². The van der Waals surface area contributed by atoms with E-state index < -0.39 is 6.61 Å². The van der Waals surface area contributed by atoms with E-state index in [4.69, 9.17) is 11.6 Å². The van der Waals surface area contributed by atoms with Gasteiger partial charge in [-0.2, -0.15) is 8.78 Å². The molecule has 2 rings (SSSR count). The smallest absolute Gasteiger partial charge is 0.389 e. The number of hydrogen-bond acceptors (Lipinski definition) is 3.